The Kier molecular flexibility index (Phi) is 3.56. The van der Waals surface area contributed by atoms with Gasteiger partial charge < -0.3 is 9.84 Å². The highest BCUT2D eigenvalue weighted by Gasteiger charge is 2.75. The van der Waals surface area contributed by atoms with Crippen molar-refractivity contribution in [2.75, 3.05) is 7.11 Å². The Hall–Kier alpha value is -3.34. The summed E-state index contributed by atoms with van der Waals surface area (Å²) in [5.41, 5.74) is 6.32. The van der Waals surface area contributed by atoms with Crippen molar-refractivity contribution in [3.63, 3.8) is 0 Å². The molecule has 4 nitrogen and oxygen atoms in total. The van der Waals surface area contributed by atoms with Crippen LogP contribution in [0.1, 0.15) is 47.9 Å². The quantitative estimate of drug-likeness (QED) is 0.318. The Morgan fingerprint density at radius 3 is 2.26 bits per heavy atom. The molecule has 5 atom stereocenters. The van der Waals surface area contributed by atoms with Crippen molar-refractivity contribution in [1.82, 2.24) is 0 Å². The lowest BCUT2D eigenvalue weighted by Gasteiger charge is -2.30. The van der Waals surface area contributed by atoms with Crippen LogP contribution < -0.4 is 0 Å². The van der Waals surface area contributed by atoms with Crippen LogP contribution in [0.2, 0.25) is 0 Å². The lowest BCUT2D eigenvalue weighted by Crippen LogP contribution is -2.44. The zero-order chi connectivity index (χ0) is 23.7. The maximum absolute atomic E-state index is 11.5. The molecule has 2 heterocycles. The second-order valence-corrected chi connectivity index (χ2v) is 11.1. The monoisotopic (exact) mass is 459 g/mol. The van der Waals surface area contributed by atoms with Gasteiger partial charge in [0.15, 0.2) is 12.1 Å². The third kappa shape index (κ3) is 2.21. The lowest BCUT2D eigenvalue weighted by molar-refractivity contribution is -0.443. The molecule has 4 aliphatic rings. The summed E-state index contributed by atoms with van der Waals surface area (Å²) >= 11 is 0. The van der Waals surface area contributed by atoms with E-state index < -0.39 is 5.79 Å². The highest BCUT2D eigenvalue weighted by Crippen LogP contribution is 2.61. The fraction of sp³-hybridized carbons (Fsp3) is 0.290. The van der Waals surface area contributed by atoms with Crippen LogP contribution in [-0.2, 0) is 10.2 Å². The molecule has 8 rings (SSSR count). The third-order valence-corrected chi connectivity index (χ3v) is 9.18. The molecule has 4 aromatic rings. The molecule has 1 fully saturated rings. The zero-order valence-corrected chi connectivity index (χ0v) is 20.1. The molecule has 2 aliphatic heterocycles. The Bertz CT molecular complexity index is 1670. The first-order chi connectivity index (χ1) is 17.0. The Morgan fingerprint density at radius 2 is 1.51 bits per heavy atom. The number of fused-ring (bicyclic) bond motifs is 13. The molecule has 0 amide bonds. The summed E-state index contributed by atoms with van der Waals surface area (Å²) in [6.45, 7) is 4.68. The summed E-state index contributed by atoms with van der Waals surface area (Å²) in [6.07, 6.45) is 1.99. The Balaban J connectivity index is 1.48. The van der Waals surface area contributed by atoms with Gasteiger partial charge in [-0.3, -0.25) is 0 Å². The standard InChI is InChI=1S/C31H27N2O2/c1-30(2)25-20-11-7-5-9-18(20)13-15-22(25)24-27-23-19-10-6-4-8-17(19)12-14-21(23)26-29(31(26,34)35-3)33(27)16-32-28(24)30/h4-16,24,26,28-29,34H,1-3H3/q+1. The molecule has 1 N–H and O–H groups in total. The molecule has 172 valence electrons. The maximum Gasteiger partial charge on any atom is 0.281 e. The van der Waals surface area contributed by atoms with Crippen LogP contribution in [0.25, 0.3) is 21.5 Å². The number of rotatable bonds is 1. The smallest absolute Gasteiger partial charge is 0.281 e. The summed E-state index contributed by atoms with van der Waals surface area (Å²) in [6, 6.07) is 26.2. The van der Waals surface area contributed by atoms with Gasteiger partial charge in [0.05, 0.1) is 11.8 Å². The van der Waals surface area contributed by atoms with E-state index in [1.165, 1.54) is 49.5 Å². The van der Waals surface area contributed by atoms with Gasteiger partial charge in [-0.25, -0.2) is 4.58 Å². The van der Waals surface area contributed by atoms with Crippen LogP contribution in [-0.4, -0.2) is 46.7 Å². The zero-order valence-electron chi connectivity index (χ0n) is 20.1. The van der Waals surface area contributed by atoms with Gasteiger partial charge in [0.1, 0.15) is 5.71 Å². The van der Waals surface area contributed by atoms with Crippen LogP contribution >= 0.6 is 0 Å². The van der Waals surface area contributed by atoms with Crippen molar-refractivity contribution in [2.24, 2.45) is 4.99 Å². The van der Waals surface area contributed by atoms with E-state index in [1.807, 2.05) is 6.34 Å². The van der Waals surface area contributed by atoms with Gasteiger partial charge in [0.2, 0.25) is 5.79 Å². The van der Waals surface area contributed by atoms with E-state index in [4.69, 9.17) is 9.73 Å². The maximum atomic E-state index is 11.5. The highest BCUT2D eigenvalue weighted by atomic mass is 16.6. The summed E-state index contributed by atoms with van der Waals surface area (Å²) in [5, 5.41) is 16.5. The third-order valence-electron chi connectivity index (χ3n) is 9.18. The van der Waals surface area contributed by atoms with E-state index in [-0.39, 0.29) is 29.3 Å². The number of nitrogens with zero attached hydrogens (tertiary/aromatic N) is 2. The number of aliphatic imine (C=N–C) groups is 1. The molecule has 0 radical (unpaired) electrons. The van der Waals surface area contributed by atoms with Gasteiger partial charge in [-0.15, -0.1) is 0 Å². The SMILES string of the molecule is COC1(O)C2c3ccc4ccccc4c3C3=[N+](C=NC4C3c3ccc5ccccc5c3C4(C)C)C21. The van der Waals surface area contributed by atoms with Crippen molar-refractivity contribution in [3.05, 3.63) is 95.1 Å². The van der Waals surface area contributed by atoms with Crippen molar-refractivity contribution in [3.8, 4) is 0 Å². The summed E-state index contributed by atoms with van der Waals surface area (Å²) in [5.74, 6) is -1.19. The minimum Gasteiger partial charge on any atom is -0.362 e. The molecule has 0 aromatic heterocycles. The predicted molar refractivity (Wildman–Crippen MR) is 139 cm³/mol. The molecule has 5 unspecified atom stereocenters. The molecule has 4 aromatic carbocycles. The average Bonchev–Trinajstić information content (AvgIpc) is 3.45. The number of hydrogen-bond acceptors (Lipinski definition) is 3. The minimum atomic E-state index is -1.21. The van der Waals surface area contributed by atoms with Crippen LogP contribution in [0.4, 0.5) is 0 Å². The van der Waals surface area contributed by atoms with E-state index in [1.54, 1.807) is 7.11 Å². The molecule has 0 spiro atoms. The largest absolute Gasteiger partial charge is 0.362 e. The number of aliphatic hydroxyl groups is 1. The van der Waals surface area contributed by atoms with E-state index in [2.05, 4.69) is 91.2 Å². The molecule has 0 saturated heterocycles. The fourth-order valence-corrected chi connectivity index (χ4v) is 7.61. The first kappa shape index (κ1) is 19.9. The Labute approximate surface area is 204 Å². The second kappa shape index (κ2) is 6.26. The van der Waals surface area contributed by atoms with Crippen LogP contribution in [0.15, 0.2) is 77.8 Å². The Morgan fingerprint density at radius 1 is 0.857 bits per heavy atom. The lowest BCUT2D eigenvalue weighted by atomic mass is 9.76. The van der Waals surface area contributed by atoms with E-state index in [9.17, 15) is 5.11 Å². The minimum absolute atomic E-state index is 0.0901. The number of hydrogen-bond donors (Lipinski definition) is 1. The first-order valence-corrected chi connectivity index (χ1v) is 12.5. The van der Waals surface area contributed by atoms with Gasteiger partial charge in [0, 0.05) is 18.1 Å². The topological polar surface area (TPSA) is 44.8 Å². The van der Waals surface area contributed by atoms with Crippen LogP contribution in [0.5, 0.6) is 0 Å². The summed E-state index contributed by atoms with van der Waals surface area (Å²) in [7, 11) is 1.61. The molecule has 35 heavy (non-hydrogen) atoms. The van der Waals surface area contributed by atoms with Crippen molar-refractivity contribution < 1.29 is 14.4 Å². The van der Waals surface area contributed by atoms with Crippen LogP contribution in [0, 0.1) is 0 Å². The molecular formula is C31H27N2O2+. The van der Waals surface area contributed by atoms with Gasteiger partial charge in [0.25, 0.3) is 6.34 Å². The molecule has 0 bridgehead atoms. The second-order valence-electron chi connectivity index (χ2n) is 11.1. The normalized spacial score (nSPS) is 31.1. The summed E-state index contributed by atoms with van der Waals surface area (Å²) < 4.78 is 7.97. The summed E-state index contributed by atoms with van der Waals surface area (Å²) in [4.78, 5) is 5.19. The molecule has 2 aliphatic carbocycles. The molecule has 1 saturated carbocycles. The van der Waals surface area contributed by atoms with Gasteiger partial charge in [-0.2, -0.15) is 0 Å². The first-order valence-electron chi connectivity index (χ1n) is 12.5. The van der Waals surface area contributed by atoms with Gasteiger partial charge in [-0.05, 0) is 38.2 Å². The number of benzene rings is 4. The van der Waals surface area contributed by atoms with E-state index >= 15 is 0 Å². The fourth-order valence-electron chi connectivity index (χ4n) is 7.61. The van der Waals surface area contributed by atoms with Crippen LogP contribution in [0.3, 0.4) is 0 Å². The highest BCUT2D eigenvalue weighted by molar-refractivity contribution is 6.16. The van der Waals surface area contributed by atoms with Crippen molar-refractivity contribution >= 4 is 33.6 Å². The number of ether oxygens (including phenoxy) is 1. The molecule has 4 heteroatoms. The van der Waals surface area contributed by atoms with Gasteiger partial charge in [-0.1, -0.05) is 91.6 Å². The molecular weight excluding hydrogens is 432 g/mol. The van der Waals surface area contributed by atoms with Gasteiger partial charge >= 0.3 is 0 Å². The number of methoxy groups -OCH3 is 1. The van der Waals surface area contributed by atoms with E-state index in [0.29, 0.717) is 0 Å². The van der Waals surface area contributed by atoms with Crippen molar-refractivity contribution in [1.29, 1.82) is 0 Å². The average molecular weight is 460 g/mol. The van der Waals surface area contributed by atoms with Crippen molar-refractivity contribution in [2.45, 2.75) is 49.0 Å². The predicted octanol–water partition coefficient (Wildman–Crippen LogP) is 5.09. The van der Waals surface area contributed by atoms with E-state index in [0.717, 1.165) is 0 Å².